The van der Waals surface area contributed by atoms with Crippen LogP contribution >= 0.6 is 11.8 Å². The minimum absolute atomic E-state index is 0.0539. The average Bonchev–Trinajstić information content (AvgIpc) is 2.42. The van der Waals surface area contributed by atoms with Crippen molar-refractivity contribution >= 4 is 28.8 Å². The molecular formula is C6H6N2O3S. The Balaban J connectivity index is 2.30. The predicted molar refractivity (Wildman–Crippen MR) is 41.5 cm³/mol. The van der Waals surface area contributed by atoms with Crippen molar-refractivity contribution in [3.8, 4) is 0 Å². The van der Waals surface area contributed by atoms with E-state index in [0.717, 1.165) is 16.7 Å². The number of nitrogens with zero attached hydrogens (tertiary/aromatic N) is 1. The van der Waals surface area contributed by atoms with Gasteiger partial charge in [0.25, 0.3) is 5.24 Å². The molecule has 0 bridgehead atoms. The summed E-state index contributed by atoms with van der Waals surface area (Å²) in [4.78, 5) is 34.3. The third-order valence-corrected chi connectivity index (χ3v) is 2.78. The van der Waals surface area contributed by atoms with Crippen LogP contribution in [0, 0.1) is 0 Å². The number of carbonyl (C=O) groups excluding carboxylic acids is 3. The van der Waals surface area contributed by atoms with Crippen molar-refractivity contribution in [2.75, 3.05) is 12.3 Å². The summed E-state index contributed by atoms with van der Waals surface area (Å²) in [5, 5.41) is 2.12. The van der Waals surface area contributed by atoms with E-state index in [1.54, 1.807) is 0 Å². The van der Waals surface area contributed by atoms with Gasteiger partial charge in [-0.2, -0.15) is 0 Å². The summed E-state index contributed by atoms with van der Waals surface area (Å²) in [6.45, 7) is -0.0539. The van der Waals surface area contributed by atoms with Crippen LogP contribution in [-0.4, -0.2) is 40.3 Å². The molecular weight excluding hydrogens is 180 g/mol. The Labute approximate surface area is 72.5 Å². The SMILES string of the molecule is O=C1NCC(=O)N2C(=O)SCC12. The van der Waals surface area contributed by atoms with E-state index in [9.17, 15) is 14.4 Å². The standard InChI is InChI=1S/C6H6N2O3S/c9-4-1-7-5(10)3-2-12-6(11)8(3)4/h3H,1-2H2,(H,7,10). The highest BCUT2D eigenvalue weighted by Crippen LogP contribution is 2.25. The Morgan fingerprint density at radius 1 is 1.42 bits per heavy atom. The van der Waals surface area contributed by atoms with Crippen molar-refractivity contribution < 1.29 is 14.4 Å². The van der Waals surface area contributed by atoms with Gasteiger partial charge in [0.15, 0.2) is 0 Å². The predicted octanol–water partition coefficient (Wildman–Crippen LogP) is -0.820. The minimum Gasteiger partial charge on any atom is -0.345 e. The molecule has 6 heteroatoms. The minimum atomic E-state index is -0.566. The van der Waals surface area contributed by atoms with Crippen LogP contribution in [0.2, 0.25) is 0 Å². The lowest BCUT2D eigenvalue weighted by atomic mass is 10.2. The van der Waals surface area contributed by atoms with Gasteiger partial charge >= 0.3 is 0 Å². The molecule has 0 spiro atoms. The monoisotopic (exact) mass is 186 g/mol. The van der Waals surface area contributed by atoms with E-state index in [2.05, 4.69) is 5.32 Å². The molecule has 64 valence electrons. The molecule has 1 atom stereocenters. The summed E-state index contributed by atoms with van der Waals surface area (Å²) in [6, 6.07) is -0.566. The summed E-state index contributed by atoms with van der Waals surface area (Å²) in [6.07, 6.45) is 0. The maximum atomic E-state index is 11.1. The lowest BCUT2D eigenvalue weighted by Crippen LogP contribution is -2.57. The molecule has 2 rings (SSSR count). The number of carbonyl (C=O) groups is 3. The molecule has 2 saturated heterocycles. The van der Waals surface area contributed by atoms with Crippen molar-refractivity contribution in [1.82, 2.24) is 10.2 Å². The van der Waals surface area contributed by atoms with Crippen molar-refractivity contribution in [2.24, 2.45) is 0 Å². The number of fused-ring (bicyclic) bond motifs is 1. The van der Waals surface area contributed by atoms with E-state index < -0.39 is 6.04 Å². The second-order valence-corrected chi connectivity index (χ2v) is 3.55. The van der Waals surface area contributed by atoms with Gasteiger partial charge < -0.3 is 5.32 Å². The van der Waals surface area contributed by atoms with Crippen molar-refractivity contribution in [3.63, 3.8) is 0 Å². The van der Waals surface area contributed by atoms with Crippen LogP contribution in [-0.2, 0) is 9.59 Å². The van der Waals surface area contributed by atoms with E-state index in [4.69, 9.17) is 0 Å². The highest BCUT2D eigenvalue weighted by atomic mass is 32.2. The number of hydrogen-bond donors (Lipinski definition) is 1. The van der Waals surface area contributed by atoms with E-state index in [0.29, 0.717) is 5.75 Å². The van der Waals surface area contributed by atoms with Crippen molar-refractivity contribution in [3.05, 3.63) is 0 Å². The van der Waals surface area contributed by atoms with E-state index >= 15 is 0 Å². The Kier molecular flexibility index (Phi) is 1.57. The highest BCUT2D eigenvalue weighted by Gasteiger charge is 2.43. The second-order valence-electron chi connectivity index (χ2n) is 2.57. The molecule has 0 aromatic carbocycles. The van der Waals surface area contributed by atoms with E-state index in [1.165, 1.54) is 0 Å². The first kappa shape index (κ1) is 7.60. The molecule has 1 N–H and O–H groups in total. The van der Waals surface area contributed by atoms with Gasteiger partial charge in [0.1, 0.15) is 6.04 Å². The van der Waals surface area contributed by atoms with E-state index in [-0.39, 0.29) is 23.6 Å². The zero-order valence-corrected chi connectivity index (χ0v) is 6.89. The molecule has 12 heavy (non-hydrogen) atoms. The third kappa shape index (κ3) is 0.911. The molecule has 0 saturated carbocycles. The van der Waals surface area contributed by atoms with Crippen LogP contribution < -0.4 is 5.32 Å². The van der Waals surface area contributed by atoms with Gasteiger partial charge in [0, 0.05) is 5.75 Å². The quantitative estimate of drug-likeness (QED) is 0.536. The molecule has 2 fully saturated rings. The van der Waals surface area contributed by atoms with Crippen molar-refractivity contribution in [2.45, 2.75) is 6.04 Å². The average molecular weight is 186 g/mol. The fraction of sp³-hybridized carbons (Fsp3) is 0.500. The van der Waals surface area contributed by atoms with Crippen LogP contribution in [0.4, 0.5) is 4.79 Å². The highest BCUT2D eigenvalue weighted by molar-refractivity contribution is 8.14. The summed E-state index contributed by atoms with van der Waals surface area (Å²) in [7, 11) is 0. The topological polar surface area (TPSA) is 66.5 Å². The summed E-state index contributed by atoms with van der Waals surface area (Å²) in [5.41, 5.74) is 0. The first-order chi connectivity index (χ1) is 5.70. The second kappa shape index (κ2) is 2.48. The molecule has 0 radical (unpaired) electrons. The first-order valence-electron chi connectivity index (χ1n) is 3.46. The zero-order valence-electron chi connectivity index (χ0n) is 6.07. The fourth-order valence-corrected chi connectivity index (χ4v) is 2.22. The van der Waals surface area contributed by atoms with Crippen LogP contribution in [0.15, 0.2) is 0 Å². The lowest BCUT2D eigenvalue weighted by molar-refractivity contribution is -0.140. The van der Waals surface area contributed by atoms with E-state index in [1.807, 2.05) is 0 Å². The number of imide groups is 1. The molecule has 3 amide bonds. The van der Waals surface area contributed by atoms with Crippen LogP contribution in [0.1, 0.15) is 0 Å². The van der Waals surface area contributed by atoms with Crippen LogP contribution in [0.25, 0.3) is 0 Å². The zero-order chi connectivity index (χ0) is 8.72. The van der Waals surface area contributed by atoms with Gasteiger partial charge in [-0.05, 0) is 0 Å². The molecule has 2 aliphatic rings. The largest absolute Gasteiger partial charge is 0.345 e. The smallest absolute Gasteiger partial charge is 0.289 e. The number of thioether (sulfide) groups is 1. The first-order valence-corrected chi connectivity index (χ1v) is 4.45. The maximum absolute atomic E-state index is 11.1. The molecule has 2 heterocycles. The number of rotatable bonds is 0. The number of nitrogens with one attached hydrogen (secondary N) is 1. The van der Waals surface area contributed by atoms with Gasteiger partial charge in [-0.25, -0.2) is 0 Å². The summed E-state index contributed by atoms with van der Waals surface area (Å²) in [5.74, 6) is -0.154. The fourth-order valence-electron chi connectivity index (χ4n) is 1.26. The summed E-state index contributed by atoms with van der Waals surface area (Å²) < 4.78 is 0. The molecule has 0 aromatic rings. The normalized spacial score (nSPS) is 28.8. The lowest BCUT2D eigenvalue weighted by Gasteiger charge is -2.25. The van der Waals surface area contributed by atoms with Gasteiger partial charge in [-0.3, -0.25) is 19.3 Å². The molecule has 5 nitrogen and oxygen atoms in total. The number of amides is 3. The van der Waals surface area contributed by atoms with Gasteiger partial charge in [-0.15, -0.1) is 0 Å². The van der Waals surface area contributed by atoms with Gasteiger partial charge in [0.2, 0.25) is 11.8 Å². The Bertz CT molecular complexity index is 278. The van der Waals surface area contributed by atoms with Gasteiger partial charge in [0.05, 0.1) is 6.54 Å². The number of piperazine rings is 1. The Morgan fingerprint density at radius 3 is 2.83 bits per heavy atom. The van der Waals surface area contributed by atoms with Crippen molar-refractivity contribution in [1.29, 1.82) is 0 Å². The molecule has 0 aliphatic carbocycles. The summed E-state index contributed by atoms with van der Waals surface area (Å²) >= 11 is 1.02. The maximum Gasteiger partial charge on any atom is 0.289 e. The molecule has 0 aromatic heterocycles. The van der Waals surface area contributed by atoms with Gasteiger partial charge in [-0.1, -0.05) is 11.8 Å². The number of hydrogen-bond acceptors (Lipinski definition) is 4. The molecule has 1 unspecified atom stereocenters. The van der Waals surface area contributed by atoms with Crippen LogP contribution in [0.5, 0.6) is 0 Å². The molecule has 2 aliphatic heterocycles. The Morgan fingerprint density at radius 2 is 2.17 bits per heavy atom. The Hall–Kier alpha value is -1.04. The third-order valence-electron chi connectivity index (χ3n) is 1.86. The van der Waals surface area contributed by atoms with Crippen LogP contribution in [0.3, 0.4) is 0 Å².